The van der Waals surface area contributed by atoms with Crippen LogP contribution in [0.4, 0.5) is 0 Å². The lowest BCUT2D eigenvalue weighted by molar-refractivity contribution is -0.129. The summed E-state index contributed by atoms with van der Waals surface area (Å²) in [6, 6.07) is -0.110. The first-order chi connectivity index (χ1) is 9.65. The van der Waals surface area contributed by atoms with Gasteiger partial charge in [-0.25, -0.2) is 12.7 Å². The van der Waals surface area contributed by atoms with Crippen LogP contribution in [0.5, 0.6) is 0 Å². The van der Waals surface area contributed by atoms with Crippen molar-refractivity contribution >= 4 is 15.9 Å². The van der Waals surface area contributed by atoms with E-state index < -0.39 is 10.0 Å². The molecule has 5 heteroatoms. The van der Waals surface area contributed by atoms with Crippen LogP contribution in [0, 0.1) is 22.7 Å². The van der Waals surface area contributed by atoms with Crippen LogP contribution < -0.4 is 0 Å². The smallest absolute Gasteiger partial charge is 0.238 e. The van der Waals surface area contributed by atoms with E-state index in [2.05, 4.69) is 20.4 Å². The summed E-state index contributed by atoms with van der Waals surface area (Å²) in [5, 5.41) is 0. The maximum absolute atomic E-state index is 12.6. The van der Waals surface area contributed by atoms with Crippen molar-refractivity contribution in [1.29, 1.82) is 0 Å². The normalized spacial score (nSPS) is 40.0. The lowest BCUT2D eigenvalue weighted by Gasteiger charge is -2.37. The highest BCUT2D eigenvalue weighted by Crippen LogP contribution is 2.70. The third kappa shape index (κ3) is 1.79. The molecule has 21 heavy (non-hydrogen) atoms. The number of rotatable bonds is 3. The monoisotopic (exact) mass is 311 g/mol. The second kappa shape index (κ2) is 4.34. The Morgan fingerprint density at radius 1 is 1.48 bits per heavy atom. The van der Waals surface area contributed by atoms with Crippen LogP contribution in [0.1, 0.15) is 46.5 Å². The Hall–Kier alpha value is -0.840. The van der Waals surface area contributed by atoms with Gasteiger partial charge in [-0.1, -0.05) is 26.8 Å². The molecule has 4 atom stereocenters. The summed E-state index contributed by atoms with van der Waals surface area (Å²) in [6.07, 6.45) is 4.83. The number of nitrogens with zero attached hydrogens (tertiary/aromatic N) is 1. The van der Waals surface area contributed by atoms with Crippen molar-refractivity contribution in [2.24, 2.45) is 22.7 Å². The molecule has 1 heterocycles. The molecule has 1 saturated heterocycles. The molecule has 0 radical (unpaired) electrons. The van der Waals surface area contributed by atoms with Gasteiger partial charge in [-0.2, -0.15) is 0 Å². The number of fused-ring (bicyclic) bond motifs is 1. The maximum atomic E-state index is 12.6. The fourth-order valence-electron chi connectivity index (χ4n) is 5.07. The molecule has 2 saturated carbocycles. The van der Waals surface area contributed by atoms with Crippen molar-refractivity contribution < 1.29 is 13.2 Å². The summed E-state index contributed by atoms with van der Waals surface area (Å²) in [6.45, 7) is 9.97. The number of hydrogen-bond acceptors (Lipinski definition) is 3. The molecule has 3 rings (SSSR count). The molecule has 3 fully saturated rings. The van der Waals surface area contributed by atoms with Gasteiger partial charge in [0.1, 0.15) is 0 Å². The zero-order chi connectivity index (χ0) is 15.6. The second-order valence-electron chi connectivity index (χ2n) is 7.73. The Labute approximate surface area is 127 Å². The minimum atomic E-state index is -3.46. The molecule has 1 aliphatic heterocycles. The highest BCUT2D eigenvalue weighted by atomic mass is 32.2. The van der Waals surface area contributed by atoms with E-state index in [0.29, 0.717) is 5.92 Å². The van der Waals surface area contributed by atoms with E-state index in [1.165, 1.54) is 4.31 Å². The molecule has 118 valence electrons. The summed E-state index contributed by atoms with van der Waals surface area (Å²) in [5.41, 5.74) is -0.201. The summed E-state index contributed by atoms with van der Waals surface area (Å²) >= 11 is 0. The molecule has 4 nitrogen and oxygen atoms in total. The van der Waals surface area contributed by atoms with Crippen molar-refractivity contribution in [2.75, 3.05) is 5.75 Å². The van der Waals surface area contributed by atoms with Crippen LogP contribution in [0.15, 0.2) is 12.7 Å². The number of carbonyl (C=O) groups is 1. The van der Waals surface area contributed by atoms with Gasteiger partial charge in [0.15, 0.2) is 0 Å². The largest absolute Gasteiger partial charge is 0.274 e. The Morgan fingerprint density at radius 2 is 2.14 bits per heavy atom. The van der Waals surface area contributed by atoms with Gasteiger partial charge in [-0.3, -0.25) is 4.79 Å². The molecule has 4 unspecified atom stereocenters. The Bertz CT molecular complexity index is 595. The zero-order valence-corrected chi connectivity index (χ0v) is 13.9. The molecule has 0 aromatic carbocycles. The lowest BCUT2D eigenvalue weighted by Crippen LogP contribution is -2.44. The molecule has 1 spiro atoms. The first-order valence-corrected chi connectivity index (χ1v) is 9.44. The van der Waals surface area contributed by atoms with Gasteiger partial charge in [-0.15, -0.1) is 6.58 Å². The second-order valence-corrected chi connectivity index (χ2v) is 9.57. The standard InChI is InChI=1S/C16H25NO3S/c1-5-11(2)8-14(18)17-13-9-12-6-7-16(13,15(12,3)4)10-21(17,19)20/h5,11-13H,1,6-10H2,2-4H3. The summed E-state index contributed by atoms with van der Waals surface area (Å²) in [7, 11) is -3.46. The number of sulfonamides is 1. The first-order valence-electron chi connectivity index (χ1n) is 7.83. The van der Waals surface area contributed by atoms with Crippen LogP contribution in [-0.2, 0) is 14.8 Å². The lowest BCUT2D eigenvalue weighted by atomic mass is 9.69. The van der Waals surface area contributed by atoms with Crippen LogP contribution >= 0.6 is 0 Å². The molecular formula is C16H25NO3S. The van der Waals surface area contributed by atoms with Crippen molar-refractivity contribution in [3.63, 3.8) is 0 Å². The van der Waals surface area contributed by atoms with Gasteiger partial charge in [0.25, 0.3) is 0 Å². The molecule has 2 aliphatic carbocycles. The van der Waals surface area contributed by atoms with Crippen molar-refractivity contribution in [1.82, 2.24) is 4.31 Å². The fourth-order valence-corrected chi connectivity index (χ4v) is 7.63. The minimum Gasteiger partial charge on any atom is -0.274 e. The molecule has 2 bridgehead atoms. The molecule has 0 aromatic rings. The molecule has 3 aliphatic rings. The predicted molar refractivity (Wildman–Crippen MR) is 82.0 cm³/mol. The van der Waals surface area contributed by atoms with Crippen LogP contribution in [-0.4, -0.2) is 30.4 Å². The van der Waals surface area contributed by atoms with E-state index in [1.807, 2.05) is 6.92 Å². The van der Waals surface area contributed by atoms with Gasteiger partial charge in [0.2, 0.25) is 15.9 Å². The van der Waals surface area contributed by atoms with Gasteiger partial charge in [0.05, 0.1) is 11.8 Å². The third-order valence-electron chi connectivity index (χ3n) is 6.56. The first kappa shape index (κ1) is 15.1. The van der Waals surface area contributed by atoms with E-state index in [1.54, 1.807) is 6.08 Å². The predicted octanol–water partition coefficient (Wildman–Crippen LogP) is 2.57. The molecule has 0 aromatic heterocycles. The Kier molecular flexibility index (Phi) is 3.11. The van der Waals surface area contributed by atoms with E-state index in [4.69, 9.17) is 0 Å². The van der Waals surface area contributed by atoms with Crippen LogP contribution in [0.25, 0.3) is 0 Å². The average Bonchev–Trinajstić information content (AvgIpc) is 2.84. The van der Waals surface area contributed by atoms with Crippen LogP contribution in [0.3, 0.4) is 0 Å². The van der Waals surface area contributed by atoms with Gasteiger partial charge >= 0.3 is 0 Å². The maximum Gasteiger partial charge on any atom is 0.238 e. The topological polar surface area (TPSA) is 54.5 Å². The number of amides is 1. The van der Waals surface area contributed by atoms with Gasteiger partial charge in [-0.05, 0) is 36.5 Å². The van der Waals surface area contributed by atoms with Crippen molar-refractivity contribution in [2.45, 2.75) is 52.5 Å². The Morgan fingerprint density at radius 3 is 2.71 bits per heavy atom. The number of allylic oxidation sites excluding steroid dienone is 1. The minimum absolute atomic E-state index is 0.0100. The van der Waals surface area contributed by atoms with E-state index in [-0.39, 0.29) is 40.9 Å². The number of carbonyl (C=O) groups excluding carboxylic acids is 1. The Balaban J connectivity index is 1.97. The SMILES string of the molecule is C=CC(C)CC(=O)N1C2CC3CCC2(CS1(=O)=O)C3(C)C. The van der Waals surface area contributed by atoms with Crippen molar-refractivity contribution in [3.05, 3.63) is 12.7 Å². The zero-order valence-electron chi connectivity index (χ0n) is 13.1. The third-order valence-corrected chi connectivity index (χ3v) is 8.49. The average molecular weight is 311 g/mol. The molecule has 0 N–H and O–H groups in total. The highest BCUT2D eigenvalue weighted by Gasteiger charge is 2.72. The van der Waals surface area contributed by atoms with E-state index in [0.717, 1.165) is 19.3 Å². The number of hydrogen-bond donors (Lipinski definition) is 0. The van der Waals surface area contributed by atoms with Crippen LogP contribution in [0.2, 0.25) is 0 Å². The highest BCUT2D eigenvalue weighted by molar-refractivity contribution is 7.90. The summed E-state index contributed by atoms with van der Waals surface area (Å²) < 4.78 is 26.5. The van der Waals surface area contributed by atoms with Crippen molar-refractivity contribution in [3.8, 4) is 0 Å². The fraction of sp³-hybridized carbons (Fsp3) is 0.812. The summed E-state index contributed by atoms with van der Waals surface area (Å²) in [4.78, 5) is 12.6. The molecular weight excluding hydrogens is 286 g/mol. The molecule has 1 amide bonds. The van der Waals surface area contributed by atoms with Gasteiger partial charge < -0.3 is 0 Å². The van der Waals surface area contributed by atoms with E-state index in [9.17, 15) is 13.2 Å². The quantitative estimate of drug-likeness (QED) is 0.753. The van der Waals surface area contributed by atoms with E-state index >= 15 is 0 Å². The van der Waals surface area contributed by atoms with Gasteiger partial charge in [0, 0.05) is 11.8 Å². The summed E-state index contributed by atoms with van der Waals surface area (Å²) in [5.74, 6) is 0.469.